The largest absolute Gasteiger partial charge is 0.500 e. The van der Waals surface area contributed by atoms with Gasteiger partial charge in [-0.2, -0.15) is 5.26 Å². The van der Waals surface area contributed by atoms with Gasteiger partial charge in [-0.3, -0.25) is 9.37 Å². The molecule has 1 spiro atoms. The van der Waals surface area contributed by atoms with Crippen molar-refractivity contribution in [2.45, 2.75) is 89.8 Å². The van der Waals surface area contributed by atoms with E-state index in [2.05, 4.69) is 148 Å². The molecular formula is C63H55FIrN4OSi-2. The monoisotopic (exact) mass is 1120 g/mol. The summed E-state index contributed by atoms with van der Waals surface area (Å²) in [5, 5.41) is 13.1. The maximum atomic E-state index is 13.1. The molecule has 7 aromatic carbocycles. The van der Waals surface area contributed by atoms with Crippen LogP contribution in [0.3, 0.4) is 0 Å². The van der Waals surface area contributed by atoms with Crippen LogP contribution >= 0.6 is 0 Å². The fourth-order valence-electron chi connectivity index (χ4n) is 11.3. The number of nitrogens with zero attached hydrogens (tertiary/aromatic N) is 4. The smallest absolute Gasteiger partial charge is 0.122 e. The van der Waals surface area contributed by atoms with E-state index < -0.39 is 8.07 Å². The summed E-state index contributed by atoms with van der Waals surface area (Å²) in [6.07, 6.45) is 8.94. The van der Waals surface area contributed by atoms with E-state index in [1.54, 1.807) is 17.3 Å². The number of halogens is 1. The molecule has 2 aliphatic rings. The van der Waals surface area contributed by atoms with Crippen LogP contribution in [0.2, 0.25) is 18.1 Å². The second kappa shape index (κ2) is 20.2. The van der Waals surface area contributed by atoms with E-state index in [9.17, 15) is 9.65 Å². The average Bonchev–Trinajstić information content (AvgIpc) is 3.97. The third-order valence-electron chi connectivity index (χ3n) is 14.8. The van der Waals surface area contributed by atoms with Gasteiger partial charge in [0, 0.05) is 43.2 Å². The molecule has 1 radical (unpaired) electrons. The Hall–Kier alpha value is -6.75. The minimum atomic E-state index is -1.26. The molecule has 0 N–H and O–H groups in total. The van der Waals surface area contributed by atoms with Gasteiger partial charge in [-0.1, -0.05) is 167 Å². The predicted molar refractivity (Wildman–Crippen MR) is 287 cm³/mol. The molecular weight excluding hydrogens is 1070 g/mol. The van der Waals surface area contributed by atoms with Crippen LogP contribution in [0.1, 0.15) is 87.5 Å². The van der Waals surface area contributed by atoms with Crippen molar-refractivity contribution in [1.82, 2.24) is 14.5 Å². The number of aromatic nitrogens is 3. The Kier molecular flexibility index (Phi) is 13.6. The zero-order valence-corrected chi connectivity index (χ0v) is 44.0. The number of furan rings is 1. The Morgan fingerprint density at radius 2 is 1.39 bits per heavy atom. The summed E-state index contributed by atoms with van der Waals surface area (Å²) < 4.78 is 21.9. The van der Waals surface area contributed by atoms with Crippen LogP contribution < -0.4 is 5.19 Å². The topological polar surface area (TPSA) is 67.6 Å². The van der Waals surface area contributed by atoms with Crippen molar-refractivity contribution in [1.29, 1.82) is 5.26 Å². The molecule has 5 heterocycles. The molecule has 0 unspecified atom stereocenters. The molecule has 0 amide bonds. The molecule has 0 saturated carbocycles. The molecule has 10 aromatic rings. The number of fused-ring (bicyclic) bond motifs is 6. The minimum Gasteiger partial charge on any atom is -0.500 e. The van der Waals surface area contributed by atoms with Crippen LogP contribution in [0, 0.1) is 29.3 Å². The van der Waals surface area contributed by atoms with Crippen LogP contribution in [-0.2, 0) is 26.5 Å². The first-order valence-electron chi connectivity index (χ1n) is 24.9. The molecule has 0 atom stereocenters. The van der Waals surface area contributed by atoms with Crippen LogP contribution in [-0.4, -0.2) is 22.6 Å². The first-order valence-corrected chi connectivity index (χ1v) is 27.6. The normalized spacial score (nSPS) is 14.1. The summed E-state index contributed by atoms with van der Waals surface area (Å²) in [4.78, 5) is 9.98. The van der Waals surface area contributed by atoms with Gasteiger partial charge in [0.25, 0.3) is 0 Å². The number of benzene rings is 7. The van der Waals surface area contributed by atoms with Gasteiger partial charge >= 0.3 is 0 Å². The number of hydrogen-bond donors (Lipinski definition) is 0. The minimum absolute atomic E-state index is 0. The number of para-hydroxylation sites is 2. The van der Waals surface area contributed by atoms with Gasteiger partial charge in [-0.15, -0.1) is 48.0 Å². The van der Waals surface area contributed by atoms with Gasteiger partial charge in [0.15, 0.2) is 0 Å². The molecule has 1 fully saturated rings. The van der Waals surface area contributed by atoms with Crippen molar-refractivity contribution in [3.63, 3.8) is 0 Å². The fourth-order valence-corrected chi connectivity index (χ4v) is 16.7. The van der Waals surface area contributed by atoms with Gasteiger partial charge in [0.1, 0.15) is 5.58 Å². The number of pyridine rings is 1. The van der Waals surface area contributed by atoms with Crippen molar-refractivity contribution in [2.24, 2.45) is 0 Å². The molecule has 2 aliphatic heterocycles. The number of rotatable bonds is 7. The van der Waals surface area contributed by atoms with Gasteiger partial charge in [0.2, 0.25) is 0 Å². The Labute approximate surface area is 430 Å². The van der Waals surface area contributed by atoms with Crippen molar-refractivity contribution >= 4 is 46.2 Å². The zero-order chi connectivity index (χ0) is 47.9. The quantitative estimate of drug-likeness (QED) is 0.118. The Balaban J connectivity index is 0.000000211. The maximum Gasteiger partial charge on any atom is 0.122 e. The van der Waals surface area contributed by atoms with Gasteiger partial charge in [-0.25, -0.2) is 0 Å². The second-order valence-corrected chi connectivity index (χ2v) is 24.5. The molecule has 12 rings (SSSR count). The summed E-state index contributed by atoms with van der Waals surface area (Å²) in [5.74, 6) is 1.02. The Morgan fingerprint density at radius 1 is 0.704 bits per heavy atom. The summed E-state index contributed by atoms with van der Waals surface area (Å²) in [7, 11) is -1.26. The van der Waals surface area contributed by atoms with Gasteiger partial charge in [0.05, 0.1) is 42.1 Å². The predicted octanol–water partition coefficient (Wildman–Crippen LogP) is 16.3. The summed E-state index contributed by atoms with van der Waals surface area (Å²) >= 11 is 0. The van der Waals surface area contributed by atoms with E-state index in [1.807, 2.05) is 30.3 Å². The third kappa shape index (κ3) is 9.12. The van der Waals surface area contributed by atoms with Crippen molar-refractivity contribution < 1.29 is 28.9 Å². The van der Waals surface area contributed by atoms with Crippen LogP contribution in [0.25, 0.3) is 83.6 Å². The van der Waals surface area contributed by atoms with Gasteiger partial charge in [-0.05, 0) is 98.9 Å². The van der Waals surface area contributed by atoms with E-state index in [0.717, 1.165) is 50.1 Å². The summed E-state index contributed by atoms with van der Waals surface area (Å²) in [5.41, 5.74) is 16.5. The molecule has 1 saturated heterocycles. The number of aryl methyl sites for hydroxylation is 1. The van der Waals surface area contributed by atoms with Crippen molar-refractivity contribution in [3.8, 4) is 56.7 Å². The van der Waals surface area contributed by atoms with E-state index >= 15 is 0 Å². The number of nitriles is 1. The molecule has 71 heavy (non-hydrogen) atoms. The SMILES string of the molecule is CC(C)c1cc(-c2ccc(-c3ccccc3)cc2)cc(C(C)C)c1-n1c(-c2[c-]ccc3c2oc2cc(C#N)ccc23)nc2ccccc21.Fc1c[c-]c(-c2cc3c(cn2)[Si]2(CCCCC2)CCC3)cc1.[Ir]. The number of imidazole rings is 1. The van der Waals surface area contributed by atoms with E-state index in [1.165, 1.54) is 101 Å². The summed E-state index contributed by atoms with van der Waals surface area (Å²) in [6.45, 7) is 9.07. The van der Waals surface area contributed by atoms with E-state index in [0.29, 0.717) is 16.7 Å². The first-order chi connectivity index (χ1) is 34.2. The molecule has 3 aromatic heterocycles. The van der Waals surface area contributed by atoms with Gasteiger partial charge < -0.3 is 14.0 Å². The molecule has 355 valence electrons. The third-order valence-corrected chi connectivity index (χ3v) is 20.4. The average molecular weight is 1120 g/mol. The Morgan fingerprint density at radius 3 is 2.10 bits per heavy atom. The number of hydrogen-bond acceptors (Lipinski definition) is 4. The van der Waals surface area contributed by atoms with Crippen molar-refractivity contribution in [2.75, 3.05) is 0 Å². The van der Waals surface area contributed by atoms with E-state index in [4.69, 9.17) is 14.4 Å². The Bertz CT molecular complexity index is 3550. The van der Waals surface area contributed by atoms with Crippen LogP contribution in [0.4, 0.5) is 4.39 Å². The standard InChI is InChI=1S/C44H34N3O.C19H21FNSi.Ir/c1-27(2)37-24-33(32-20-18-31(19-21-32)30-11-6-5-7-12-30)25-38(28(3)4)42(37)47-40-16-9-8-15-39(40)46-44(47)36-14-10-13-35-34-22-17-29(26-45)23-41(34)48-43(35)36;20-17-8-6-15(7-9-17)18-13-16-5-4-12-22(19(16)14-21-18)10-2-1-3-11-22;/h5-13,15-25,27-28H,1-4H3;6,8-9,13-14H,1-5,10-12H2;/q2*-1;. The zero-order valence-electron chi connectivity index (χ0n) is 40.7. The van der Waals surface area contributed by atoms with Crippen molar-refractivity contribution in [3.05, 3.63) is 192 Å². The second-order valence-electron chi connectivity index (χ2n) is 19.9. The molecule has 0 aliphatic carbocycles. The fraction of sp³-hybridized carbons (Fsp3) is 0.222. The molecule has 5 nitrogen and oxygen atoms in total. The van der Waals surface area contributed by atoms with Crippen LogP contribution in [0.5, 0.6) is 0 Å². The molecule has 8 heteroatoms. The first kappa shape index (κ1) is 47.9. The summed E-state index contributed by atoms with van der Waals surface area (Å²) in [6, 6.07) is 62.1. The molecule has 0 bridgehead atoms. The maximum absolute atomic E-state index is 13.1. The van der Waals surface area contributed by atoms with E-state index in [-0.39, 0.29) is 37.8 Å². The van der Waals surface area contributed by atoms with Crippen LogP contribution in [0.15, 0.2) is 156 Å².